The number of benzene rings is 2. The number of rotatable bonds is 7. The first-order valence-corrected chi connectivity index (χ1v) is 9.04. The molecule has 1 amide bonds. The molecule has 6 heteroatoms. The molecule has 0 aliphatic heterocycles. The van der Waals surface area contributed by atoms with E-state index in [1.165, 1.54) is 11.3 Å². The van der Waals surface area contributed by atoms with Crippen LogP contribution in [-0.4, -0.2) is 31.3 Å². The molecule has 2 aromatic carbocycles. The fourth-order valence-electron chi connectivity index (χ4n) is 2.48. The average Bonchev–Trinajstić information content (AvgIpc) is 3.10. The number of hydrogen-bond donors (Lipinski definition) is 2. The summed E-state index contributed by atoms with van der Waals surface area (Å²) in [5.74, 6) is 1.01. The van der Waals surface area contributed by atoms with Crippen molar-refractivity contribution in [1.29, 1.82) is 0 Å². The van der Waals surface area contributed by atoms with Crippen molar-refractivity contribution >= 4 is 27.3 Å². The topological polar surface area (TPSA) is 67.8 Å². The lowest BCUT2D eigenvalue weighted by Gasteiger charge is -2.22. The van der Waals surface area contributed by atoms with Gasteiger partial charge in [0.05, 0.1) is 13.7 Å². The first-order valence-electron chi connectivity index (χ1n) is 8.23. The van der Waals surface area contributed by atoms with Gasteiger partial charge in [0.1, 0.15) is 17.1 Å². The van der Waals surface area contributed by atoms with Crippen LogP contribution in [0.4, 0.5) is 0 Å². The summed E-state index contributed by atoms with van der Waals surface area (Å²) in [6.45, 7) is 1.70. The normalized spacial score (nSPS) is 13.2. The van der Waals surface area contributed by atoms with Crippen molar-refractivity contribution in [3.63, 3.8) is 0 Å². The van der Waals surface area contributed by atoms with Crippen molar-refractivity contribution in [2.24, 2.45) is 0 Å². The zero-order valence-corrected chi connectivity index (χ0v) is 15.5. The maximum atomic E-state index is 12.0. The third-order valence-electron chi connectivity index (χ3n) is 4.02. The Labute approximate surface area is 156 Å². The highest BCUT2D eigenvalue weighted by atomic mass is 32.1. The lowest BCUT2D eigenvalue weighted by molar-refractivity contribution is -0.124. The molecule has 3 rings (SSSR count). The Balaban J connectivity index is 1.53. The number of aliphatic hydroxyl groups is 1. The zero-order valence-electron chi connectivity index (χ0n) is 14.7. The number of carbonyl (C=O) groups is 1. The van der Waals surface area contributed by atoms with Crippen LogP contribution in [0.15, 0.2) is 54.6 Å². The van der Waals surface area contributed by atoms with Gasteiger partial charge in [-0.15, -0.1) is 11.3 Å². The highest BCUT2D eigenvalue weighted by Gasteiger charge is 2.26. The number of amides is 1. The van der Waals surface area contributed by atoms with Crippen LogP contribution in [-0.2, 0) is 10.4 Å². The molecule has 0 bridgehead atoms. The summed E-state index contributed by atoms with van der Waals surface area (Å²) in [5.41, 5.74) is -1.14. The molecule has 1 aromatic heterocycles. The largest absolute Gasteiger partial charge is 0.497 e. The van der Waals surface area contributed by atoms with E-state index in [1.54, 1.807) is 38.3 Å². The van der Waals surface area contributed by atoms with Crippen molar-refractivity contribution in [2.45, 2.75) is 12.5 Å². The summed E-state index contributed by atoms with van der Waals surface area (Å²) < 4.78 is 11.6. The van der Waals surface area contributed by atoms with E-state index >= 15 is 0 Å². The number of thiophene rings is 1. The van der Waals surface area contributed by atoms with E-state index in [1.807, 2.05) is 30.3 Å². The predicted molar refractivity (Wildman–Crippen MR) is 103 cm³/mol. The van der Waals surface area contributed by atoms with Gasteiger partial charge in [-0.25, -0.2) is 0 Å². The first-order chi connectivity index (χ1) is 12.5. The van der Waals surface area contributed by atoms with Gasteiger partial charge in [0.15, 0.2) is 6.61 Å². The second-order valence-corrected chi connectivity index (χ2v) is 7.25. The molecule has 0 radical (unpaired) electrons. The molecule has 2 N–H and O–H groups in total. The summed E-state index contributed by atoms with van der Waals surface area (Å²) in [5, 5.41) is 14.5. The standard InChI is InChI=1S/C20H21NO4S/c1-20(23,18-11-14-5-3-4-6-17(14)26-18)13-21-19(22)12-25-16-9-7-15(24-2)8-10-16/h3-11,23H,12-13H2,1-2H3,(H,21,22). The SMILES string of the molecule is COc1ccc(OCC(=O)NCC(C)(O)c2cc3ccccc3s2)cc1. The van der Waals surface area contributed by atoms with Crippen LogP contribution in [0.1, 0.15) is 11.8 Å². The van der Waals surface area contributed by atoms with E-state index in [4.69, 9.17) is 9.47 Å². The third-order valence-corrected chi connectivity index (χ3v) is 5.38. The van der Waals surface area contributed by atoms with Gasteiger partial charge >= 0.3 is 0 Å². The molecule has 0 saturated heterocycles. The second-order valence-electron chi connectivity index (χ2n) is 6.16. The number of carbonyl (C=O) groups excluding carboxylic acids is 1. The summed E-state index contributed by atoms with van der Waals surface area (Å²) in [6.07, 6.45) is 0. The van der Waals surface area contributed by atoms with Crippen molar-refractivity contribution in [1.82, 2.24) is 5.32 Å². The smallest absolute Gasteiger partial charge is 0.258 e. The van der Waals surface area contributed by atoms with E-state index < -0.39 is 5.60 Å². The fourth-order valence-corrected chi connectivity index (χ4v) is 3.58. The monoisotopic (exact) mass is 371 g/mol. The second kappa shape index (κ2) is 7.76. The maximum Gasteiger partial charge on any atom is 0.258 e. The number of nitrogens with one attached hydrogen (secondary N) is 1. The van der Waals surface area contributed by atoms with E-state index in [0.717, 1.165) is 20.7 Å². The minimum absolute atomic E-state index is 0.116. The molecule has 136 valence electrons. The van der Waals surface area contributed by atoms with Crippen molar-refractivity contribution < 1.29 is 19.4 Å². The molecule has 1 unspecified atom stereocenters. The molecule has 0 fully saturated rings. The maximum absolute atomic E-state index is 12.0. The summed E-state index contributed by atoms with van der Waals surface area (Å²) in [6, 6.07) is 16.9. The Morgan fingerprint density at radius 2 is 1.85 bits per heavy atom. The quantitative estimate of drug-likeness (QED) is 0.669. The van der Waals surface area contributed by atoms with Gasteiger partial charge < -0.3 is 19.9 Å². The van der Waals surface area contributed by atoms with Crippen molar-refractivity contribution in [3.05, 3.63) is 59.5 Å². The number of methoxy groups -OCH3 is 1. The minimum Gasteiger partial charge on any atom is -0.497 e. The molecular weight excluding hydrogens is 350 g/mol. The molecule has 3 aromatic rings. The van der Waals surface area contributed by atoms with E-state index in [0.29, 0.717) is 5.75 Å². The molecule has 26 heavy (non-hydrogen) atoms. The Hall–Kier alpha value is -2.57. The van der Waals surface area contributed by atoms with Crippen molar-refractivity contribution in [3.8, 4) is 11.5 Å². The van der Waals surface area contributed by atoms with Gasteiger partial charge in [-0.3, -0.25) is 4.79 Å². The highest BCUT2D eigenvalue weighted by molar-refractivity contribution is 7.19. The molecule has 1 heterocycles. The van der Waals surface area contributed by atoms with Crippen LogP contribution >= 0.6 is 11.3 Å². The Morgan fingerprint density at radius 3 is 2.54 bits per heavy atom. The van der Waals surface area contributed by atoms with Gasteiger partial charge in [0.25, 0.3) is 5.91 Å². The Kier molecular flexibility index (Phi) is 5.44. The average molecular weight is 371 g/mol. The third kappa shape index (κ3) is 4.33. The Morgan fingerprint density at radius 1 is 1.15 bits per heavy atom. The molecule has 0 aliphatic rings. The lowest BCUT2D eigenvalue weighted by atomic mass is 10.0. The van der Waals surface area contributed by atoms with Gasteiger partial charge in [-0.2, -0.15) is 0 Å². The van der Waals surface area contributed by atoms with Crippen LogP contribution in [0.2, 0.25) is 0 Å². The summed E-state index contributed by atoms with van der Waals surface area (Å²) >= 11 is 1.53. The molecule has 1 atom stereocenters. The van der Waals surface area contributed by atoms with Crippen LogP contribution in [0.5, 0.6) is 11.5 Å². The molecule has 0 saturated carbocycles. The van der Waals surface area contributed by atoms with Crippen molar-refractivity contribution in [2.75, 3.05) is 20.3 Å². The molecule has 0 spiro atoms. The zero-order chi connectivity index (χ0) is 18.6. The molecular formula is C20H21NO4S. The fraction of sp³-hybridized carbons (Fsp3) is 0.250. The van der Waals surface area contributed by atoms with Crippen LogP contribution in [0, 0.1) is 0 Å². The minimum atomic E-state index is -1.14. The number of hydrogen-bond acceptors (Lipinski definition) is 5. The summed E-state index contributed by atoms with van der Waals surface area (Å²) in [4.78, 5) is 12.8. The lowest BCUT2D eigenvalue weighted by Crippen LogP contribution is -2.40. The van der Waals surface area contributed by atoms with Crippen LogP contribution < -0.4 is 14.8 Å². The summed E-state index contributed by atoms with van der Waals surface area (Å²) in [7, 11) is 1.59. The van der Waals surface area contributed by atoms with Gasteiger partial charge in [0.2, 0.25) is 0 Å². The molecule has 0 aliphatic carbocycles. The van der Waals surface area contributed by atoms with Gasteiger partial charge in [-0.1, -0.05) is 18.2 Å². The first kappa shape index (κ1) is 18.2. The molecule has 5 nitrogen and oxygen atoms in total. The predicted octanol–water partition coefficient (Wildman–Crippen LogP) is 3.31. The van der Waals surface area contributed by atoms with Crippen LogP contribution in [0.25, 0.3) is 10.1 Å². The Bertz CT molecular complexity index is 853. The number of ether oxygens (including phenoxy) is 2. The van der Waals surface area contributed by atoms with E-state index in [-0.39, 0.29) is 19.1 Å². The highest BCUT2D eigenvalue weighted by Crippen LogP contribution is 2.32. The van der Waals surface area contributed by atoms with Gasteiger partial charge in [-0.05, 0) is 48.7 Å². The van der Waals surface area contributed by atoms with Gasteiger partial charge in [0, 0.05) is 9.58 Å². The number of fused-ring (bicyclic) bond motifs is 1. The van der Waals surface area contributed by atoms with Crippen LogP contribution in [0.3, 0.4) is 0 Å². The van der Waals surface area contributed by atoms with E-state index in [2.05, 4.69) is 5.32 Å². The van der Waals surface area contributed by atoms with E-state index in [9.17, 15) is 9.90 Å².